The summed E-state index contributed by atoms with van der Waals surface area (Å²) < 4.78 is 0. The van der Waals surface area contributed by atoms with Gasteiger partial charge in [-0.15, -0.1) is 0 Å². The van der Waals surface area contributed by atoms with Crippen molar-refractivity contribution in [1.29, 1.82) is 0 Å². The van der Waals surface area contributed by atoms with E-state index < -0.39 is 0 Å². The Kier molecular flexibility index (Phi) is 2.03. The lowest BCUT2D eigenvalue weighted by Gasteiger charge is -2.30. The molecule has 0 radical (unpaired) electrons. The molecule has 0 saturated heterocycles. The topological polar surface area (TPSA) is 32.6 Å². The molecule has 3 fully saturated rings. The van der Waals surface area contributed by atoms with Crippen molar-refractivity contribution in [2.24, 2.45) is 28.8 Å². The monoisotopic (exact) mass is 193 g/mol. The fourth-order valence-corrected chi connectivity index (χ4v) is 3.72. The summed E-state index contributed by atoms with van der Waals surface area (Å²) in [6, 6.07) is 0. The molecule has 3 saturated carbocycles. The summed E-state index contributed by atoms with van der Waals surface area (Å²) in [6.45, 7) is 0. The zero-order valence-corrected chi connectivity index (χ0v) is 8.65. The van der Waals surface area contributed by atoms with Crippen LogP contribution in [0.4, 0.5) is 0 Å². The molecule has 2 nitrogen and oxygen atoms in total. The first kappa shape index (κ1) is 8.75. The minimum absolute atomic E-state index is 0.645. The van der Waals surface area contributed by atoms with E-state index in [1.165, 1.54) is 50.7 Å². The average Bonchev–Trinajstić information content (AvgIpc) is 2.96. The Bertz CT molecular complexity index is 261. The molecule has 0 aromatic heterocycles. The van der Waals surface area contributed by atoms with E-state index in [4.69, 9.17) is 5.21 Å². The lowest BCUT2D eigenvalue weighted by atomic mass is 9.75. The molecule has 0 bridgehead atoms. The number of nitrogens with zero attached hydrogens (tertiary/aromatic N) is 1. The van der Waals surface area contributed by atoms with E-state index in [1.807, 2.05) is 0 Å². The molecule has 4 atom stereocenters. The Balaban J connectivity index is 1.85. The van der Waals surface area contributed by atoms with Crippen LogP contribution >= 0.6 is 0 Å². The van der Waals surface area contributed by atoms with Crippen molar-refractivity contribution in [1.82, 2.24) is 0 Å². The van der Waals surface area contributed by atoms with E-state index in [0.717, 1.165) is 11.8 Å². The van der Waals surface area contributed by atoms with Crippen molar-refractivity contribution in [3.8, 4) is 0 Å². The first-order valence-electron chi connectivity index (χ1n) is 6.12. The summed E-state index contributed by atoms with van der Waals surface area (Å²) in [5.74, 6) is 3.05. The van der Waals surface area contributed by atoms with Crippen molar-refractivity contribution in [3.63, 3.8) is 0 Å². The Hall–Kier alpha value is -0.530. The number of hydrogen-bond donors (Lipinski definition) is 1. The molecule has 0 heterocycles. The summed E-state index contributed by atoms with van der Waals surface area (Å²) in [6.07, 6.45) is 9.50. The minimum Gasteiger partial charge on any atom is -0.411 e. The largest absolute Gasteiger partial charge is 0.411 e. The standard InChI is InChI=1S/C12H19NO/c14-13-12-10-4-2-1-3-8(10)5-6-9-7-11(9)12/h8-11,14H,1-7H2/t8-,9-,10+,11+/m1/s1. The maximum Gasteiger partial charge on any atom is 0.0638 e. The van der Waals surface area contributed by atoms with Crippen LogP contribution in [0.5, 0.6) is 0 Å². The van der Waals surface area contributed by atoms with Gasteiger partial charge < -0.3 is 5.21 Å². The second-order valence-corrected chi connectivity index (χ2v) is 5.36. The van der Waals surface area contributed by atoms with Crippen LogP contribution in [-0.2, 0) is 0 Å². The second-order valence-electron chi connectivity index (χ2n) is 5.36. The van der Waals surface area contributed by atoms with Gasteiger partial charge in [-0.25, -0.2) is 0 Å². The molecular weight excluding hydrogens is 174 g/mol. The van der Waals surface area contributed by atoms with E-state index in [-0.39, 0.29) is 0 Å². The van der Waals surface area contributed by atoms with Crippen LogP contribution in [0, 0.1) is 23.7 Å². The lowest BCUT2D eigenvalue weighted by Crippen LogP contribution is -2.27. The molecule has 0 aromatic carbocycles. The van der Waals surface area contributed by atoms with Gasteiger partial charge in [0.05, 0.1) is 5.71 Å². The highest BCUT2D eigenvalue weighted by Gasteiger charge is 2.48. The molecule has 0 aromatic rings. The van der Waals surface area contributed by atoms with Crippen LogP contribution in [-0.4, -0.2) is 10.9 Å². The van der Waals surface area contributed by atoms with Crippen molar-refractivity contribution in [3.05, 3.63) is 0 Å². The quantitative estimate of drug-likeness (QED) is 0.465. The molecule has 3 aliphatic rings. The molecule has 3 rings (SSSR count). The van der Waals surface area contributed by atoms with Crippen molar-refractivity contribution in [2.45, 2.75) is 44.9 Å². The highest BCUT2D eigenvalue weighted by molar-refractivity contribution is 5.91. The smallest absolute Gasteiger partial charge is 0.0638 e. The third kappa shape index (κ3) is 1.27. The van der Waals surface area contributed by atoms with Gasteiger partial charge in [-0.3, -0.25) is 0 Å². The molecule has 2 heteroatoms. The predicted molar refractivity (Wildman–Crippen MR) is 55.5 cm³/mol. The molecule has 0 unspecified atom stereocenters. The van der Waals surface area contributed by atoms with E-state index >= 15 is 0 Å². The molecule has 1 N–H and O–H groups in total. The van der Waals surface area contributed by atoms with Crippen LogP contribution < -0.4 is 0 Å². The first-order chi connectivity index (χ1) is 6.90. The third-order valence-electron chi connectivity index (χ3n) is 4.62. The van der Waals surface area contributed by atoms with Crippen LogP contribution in [0.3, 0.4) is 0 Å². The Morgan fingerprint density at radius 1 is 0.929 bits per heavy atom. The number of fused-ring (bicyclic) bond motifs is 2. The maximum absolute atomic E-state index is 9.14. The summed E-state index contributed by atoms with van der Waals surface area (Å²) in [7, 11) is 0. The van der Waals surface area contributed by atoms with Crippen LogP contribution in [0.15, 0.2) is 5.16 Å². The van der Waals surface area contributed by atoms with Gasteiger partial charge in [-0.1, -0.05) is 18.0 Å². The van der Waals surface area contributed by atoms with Gasteiger partial charge in [0, 0.05) is 11.8 Å². The average molecular weight is 193 g/mol. The van der Waals surface area contributed by atoms with E-state index in [0.29, 0.717) is 11.8 Å². The zero-order chi connectivity index (χ0) is 9.54. The van der Waals surface area contributed by atoms with E-state index in [1.54, 1.807) is 0 Å². The van der Waals surface area contributed by atoms with Gasteiger partial charge in [0.15, 0.2) is 0 Å². The summed E-state index contributed by atoms with van der Waals surface area (Å²) in [5, 5.41) is 12.8. The number of hydrogen-bond acceptors (Lipinski definition) is 2. The maximum atomic E-state index is 9.14. The number of oxime groups is 1. The van der Waals surface area contributed by atoms with E-state index in [9.17, 15) is 0 Å². The summed E-state index contributed by atoms with van der Waals surface area (Å²) in [4.78, 5) is 0. The normalized spacial score (nSPS) is 49.3. The SMILES string of the molecule is ON=C1[C@H]2CCCC[C@@H]2CC[C@@H]2C[C@H]12. The summed E-state index contributed by atoms with van der Waals surface area (Å²) >= 11 is 0. The van der Waals surface area contributed by atoms with Gasteiger partial charge in [0.1, 0.15) is 0 Å². The summed E-state index contributed by atoms with van der Waals surface area (Å²) in [5.41, 5.74) is 1.18. The highest BCUT2D eigenvalue weighted by atomic mass is 16.4. The fraction of sp³-hybridized carbons (Fsp3) is 0.917. The molecule has 0 amide bonds. The van der Waals surface area contributed by atoms with Gasteiger partial charge in [0.25, 0.3) is 0 Å². The predicted octanol–water partition coefficient (Wildman–Crippen LogP) is 3.05. The van der Waals surface area contributed by atoms with Gasteiger partial charge in [-0.05, 0) is 43.9 Å². The molecular formula is C12H19NO. The van der Waals surface area contributed by atoms with Gasteiger partial charge in [0.2, 0.25) is 0 Å². The number of rotatable bonds is 0. The molecule has 78 valence electrons. The third-order valence-corrected chi connectivity index (χ3v) is 4.62. The van der Waals surface area contributed by atoms with Crippen molar-refractivity contribution < 1.29 is 5.21 Å². The first-order valence-corrected chi connectivity index (χ1v) is 6.12. The zero-order valence-electron chi connectivity index (χ0n) is 8.65. The minimum atomic E-state index is 0.645. The molecule has 0 spiro atoms. The highest BCUT2D eigenvalue weighted by Crippen LogP contribution is 2.52. The van der Waals surface area contributed by atoms with Crippen molar-refractivity contribution in [2.75, 3.05) is 0 Å². The Morgan fingerprint density at radius 2 is 1.71 bits per heavy atom. The van der Waals surface area contributed by atoms with Gasteiger partial charge in [-0.2, -0.15) is 0 Å². The van der Waals surface area contributed by atoms with Crippen LogP contribution in [0.2, 0.25) is 0 Å². The van der Waals surface area contributed by atoms with Crippen LogP contribution in [0.25, 0.3) is 0 Å². The molecule has 3 aliphatic carbocycles. The van der Waals surface area contributed by atoms with Crippen molar-refractivity contribution >= 4 is 5.71 Å². The second kappa shape index (κ2) is 3.25. The molecule has 0 aliphatic heterocycles. The lowest BCUT2D eigenvalue weighted by molar-refractivity contribution is 0.264. The fourth-order valence-electron chi connectivity index (χ4n) is 3.72. The van der Waals surface area contributed by atoms with Crippen LogP contribution in [0.1, 0.15) is 44.9 Å². The van der Waals surface area contributed by atoms with Gasteiger partial charge >= 0.3 is 0 Å². The van der Waals surface area contributed by atoms with E-state index in [2.05, 4.69) is 5.16 Å². The Labute approximate surface area is 85.4 Å². The Morgan fingerprint density at radius 3 is 2.57 bits per heavy atom. The molecule has 14 heavy (non-hydrogen) atoms.